The fraction of sp³-hybridized carbons (Fsp3) is 0.400. The van der Waals surface area contributed by atoms with E-state index >= 15 is 0 Å². The summed E-state index contributed by atoms with van der Waals surface area (Å²) >= 11 is 0. The second-order valence-electron chi connectivity index (χ2n) is 6.65. The number of nitrogens with one attached hydrogen (secondary N) is 1. The molecule has 1 heterocycles. The Hall–Kier alpha value is -2.25. The van der Waals surface area contributed by atoms with Gasteiger partial charge in [0.2, 0.25) is 0 Å². The predicted octanol–water partition coefficient (Wildman–Crippen LogP) is 3.36. The fourth-order valence-corrected chi connectivity index (χ4v) is 4.05. The van der Waals surface area contributed by atoms with E-state index in [0.717, 1.165) is 31.7 Å². The van der Waals surface area contributed by atoms with Crippen molar-refractivity contribution >= 4 is 15.7 Å². The Morgan fingerprint density at radius 2 is 1.59 bits per heavy atom. The maximum atomic E-state index is 12.5. The molecule has 6 nitrogen and oxygen atoms in total. The number of likely N-dealkylation sites (tertiary alicyclic amines) is 1. The first-order chi connectivity index (χ1) is 13.0. The first kappa shape index (κ1) is 19.5. The van der Waals surface area contributed by atoms with E-state index in [1.165, 1.54) is 12.1 Å². The van der Waals surface area contributed by atoms with Crippen molar-refractivity contribution in [2.24, 2.45) is 0 Å². The minimum atomic E-state index is -3.64. The molecule has 0 unspecified atom stereocenters. The smallest absolute Gasteiger partial charge is 0.261 e. The van der Waals surface area contributed by atoms with Crippen LogP contribution in [0.15, 0.2) is 53.4 Å². The van der Waals surface area contributed by atoms with Crippen LogP contribution in [0, 0.1) is 0 Å². The van der Waals surface area contributed by atoms with Crippen LogP contribution in [0.1, 0.15) is 19.8 Å². The average Bonchev–Trinajstić information content (AvgIpc) is 2.66. The summed E-state index contributed by atoms with van der Waals surface area (Å²) in [5.41, 5.74) is 0.500. The van der Waals surface area contributed by atoms with E-state index in [9.17, 15) is 8.42 Å². The number of ether oxygens (including phenoxy) is 2. The topological polar surface area (TPSA) is 67.9 Å². The standard InChI is InChI=1S/C20H26N2O4S/c1-3-25-17-8-10-20(11-9-17)27(23,24)21-16-4-6-18(7-5-16)26-19-12-14-22(2)15-13-19/h4-11,19,21H,3,12-15H2,1-2H3. The predicted molar refractivity (Wildman–Crippen MR) is 106 cm³/mol. The first-order valence-electron chi connectivity index (χ1n) is 9.17. The molecule has 1 aliphatic rings. The van der Waals surface area contributed by atoms with E-state index in [0.29, 0.717) is 18.0 Å². The molecule has 0 saturated carbocycles. The van der Waals surface area contributed by atoms with Crippen LogP contribution in [0.5, 0.6) is 11.5 Å². The van der Waals surface area contributed by atoms with E-state index in [-0.39, 0.29) is 11.0 Å². The van der Waals surface area contributed by atoms with Crippen LogP contribution in [-0.4, -0.2) is 46.2 Å². The zero-order valence-corrected chi connectivity index (χ0v) is 16.5. The summed E-state index contributed by atoms with van der Waals surface area (Å²) < 4.78 is 39.0. The largest absolute Gasteiger partial charge is 0.494 e. The van der Waals surface area contributed by atoms with Gasteiger partial charge in [-0.1, -0.05) is 0 Å². The van der Waals surface area contributed by atoms with Gasteiger partial charge >= 0.3 is 0 Å². The SMILES string of the molecule is CCOc1ccc(S(=O)(=O)Nc2ccc(OC3CCN(C)CC3)cc2)cc1. The molecule has 0 amide bonds. The molecule has 1 saturated heterocycles. The van der Waals surface area contributed by atoms with Gasteiger partial charge in [-0.2, -0.15) is 0 Å². The Morgan fingerprint density at radius 3 is 2.19 bits per heavy atom. The van der Waals surface area contributed by atoms with Crippen LogP contribution >= 0.6 is 0 Å². The van der Waals surface area contributed by atoms with E-state index in [1.54, 1.807) is 36.4 Å². The van der Waals surface area contributed by atoms with Crippen molar-refractivity contribution in [1.82, 2.24) is 4.90 Å². The van der Waals surface area contributed by atoms with E-state index in [2.05, 4.69) is 16.7 Å². The molecule has 0 aromatic heterocycles. The van der Waals surface area contributed by atoms with E-state index in [1.807, 2.05) is 6.92 Å². The van der Waals surface area contributed by atoms with Gasteiger partial charge in [0.15, 0.2) is 0 Å². The van der Waals surface area contributed by atoms with Crippen LogP contribution in [0.2, 0.25) is 0 Å². The molecule has 0 aliphatic carbocycles. The maximum Gasteiger partial charge on any atom is 0.261 e. The third-order valence-corrected chi connectivity index (χ3v) is 5.92. The lowest BCUT2D eigenvalue weighted by Crippen LogP contribution is -2.35. The Bertz CT molecular complexity index is 827. The maximum absolute atomic E-state index is 12.5. The van der Waals surface area contributed by atoms with Crippen LogP contribution in [0.3, 0.4) is 0 Å². The molecule has 2 aromatic rings. The third-order valence-electron chi connectivity index (χ3n) is 4.52. The molecular formula is C20H26N2O4S. The van der Waals surface area contributed by atoms with Crippen molar-refractivity contribution in [2.75, 3.05) is 31.5 Å². The highest BCUT2D eigenvalue weighted by molar-refractivity contribution is 7.92. The van der Waals surface area contributed by atoms with Crippen molar-refractivity contribution in [3.63, 3.8) is 0 Å². The summed E-state index contributed by atoms with van der Waals surface area (Å²) in [7, 11) is -1.53. The Kier molecular flexibility index (Phi) is 6.23. The molecule has 7 heteroatoms. The molecule has 2 aromatic carbocycles. The summed E-state index contributed by atoms with van der Waals surface area (Å²) in [6.45, 7) is 4.48. The molecule has 0 bridgehead atoms. The molecule has 1 fully saturated rings. The molecule has 0 radical (unpaired) electrons. The highest BCUT2D eigenvalue weighted by Gasteiger charge is 2.18. The normalized spacial score (nSPS) is 16.1. The number of anilines is 1. The third kappa shape index (κ3) is 5.37. The van der Waals surface area contributed by atoms with Gasteiger partial charge in [0.05, 0.1) is 11.5 Å². The average molecular weight is 391 g/mol. The van der Waals surface area contributed by atoms with Gasteiger partial charge in [-0.25, -0.2) is 8.42 Å². The number of piperidine rings is 1. The summed E-state index contributed by atoms with van der Waals surface area (Å²) in [6, 6.07) is 13.4. The second kappa shape index (κ2) is 8.63. The van der Waals surface area contributed by atoms with Crippen LogP contribution in [-0.2, 0) is 10.0 Å². The quantitative estimate of drug-likeness (QED) is 0.785. The number of sulfonamides is 1. The lowest BCUT2D eigenvalue weighted by molar-refractivity contribution is 0.114. The van der Waals surface area contributed by atoms with Crippen molar-refractivity contribution in [1.29, 1.82) is 0 Å². The van der Waals surface area contributed by atoms with Gasteiger partial charge in [-0.05, 0) is 75.3 Å². The van der Waals surface area contributed by atoms with Gasteiger partial charge in [0, 0.05) is 18.8 Å². The van der Waals surface area contributed by atoms with Crippen molar-refractivity contribution in [3.05, 3.63) is 48.5 Å². The van der Waals surface area contributed by atoms with Crippen LogP contribution in [0.25, 0.3) is 0 Å². The Labute approximate surface area is 161 Å². The highest BCUT2D eigenvalue weighted by atomic mass is 32.2. The molecule has 0 spiro atoms. The fourth-order valence-electron chi connectivity index (χ4n) is 2.99. The number of hydrogen-bond donors (Lipinski definition) is 1. The number of nitrogens with zero attached hydrogens (tertiary/aromatic N) is 1. The molecule has 3 rings (SSSR count). The minimum absolute atomic E-state index is 0.192. The van der Waals surface area contributed by atoms with E-state index < -0.39 is 10.0 Å². The van der Waals surface area contributed by atoms with Gasteiger partial charge in [0.1, 0.15) is 17.6 Å². The summed E-state index contributed by atoms with van der Waals surface area (Å²) in [5, 5.41) is 0. The lowest BCUT2D eigenvalue weighted by atomic mass is 10.1. The van der Waals surface area contributed by atoms with Crippen molar-refractivity contribution < 1.29 is 17.9 Å². The molecule has 1 N–H and O–H groups in total. The van der Waals surface area contributed by atoms with Crippen LogP contribution < -0.4 is 14.2 Å². The van der Waals surface area contributed by atoms with Gasteiger partial charge in [-0.15, -0.1) is 0 Å². The molecular weight excluding hydrogens is 364 g/mol. The van der Waals surface area contributed by atoms with E-state index in [4.69, 9.17) is 9.47 Å². The number of hydrogen-bond acceptors (Lipinski definition) is 5. The summed E-state index contributed by atoms with van der Waals surface area (Å²) in [4.78, 5) is 2.48. The Morgan fingerprint density at radius 1 is 1.00 bits per heavy atom. The lowest BCUT2D eigenvalue weighted by Gasteiger charge is -2.29. The zero-order chi connectivity index (χ0) is 19.3. The van der Waals surface area contributed by atoms with Crippen molar-refractivity contribution in [3.8, 4) is 11.5 Å². The molecule has 0 atom stereocenters. The Balaban J connectivity index is 1.61. The van der Waals surface area contributed by atoms with Gasteiger partial charge in [0.25, 0.3) is 10.0 Å². The highest BCUT2D eigenvalue weighted by Crippen LogP contribution is 2.23. The molecule has 27 heavy (non-hydrogen) atoms. The van der Waals surface area contributed by atoms with Gasteiger partial charge in [-0.3, -0.25) is 4.72 Å². The summed E-state index contributed by atoms with van der Waals surface area (Å²) in [6.07, 6.45) is 2.22. The van der Waals surface area contributed by atoms with Gasteiger partial charge < -0.3 is 14.4 Å². The van der Waals surface area contributed by atoms with Crippen LogP contribution in [0.4, 0.5) is 5.69 Å². The monoisotopic (exact) mass is 390 g/mol. The zero-order valence-electron chi connectivity index (χ0n) is 15.7. The summed E-state index contributed by atoms with van der Waals surface area (Å²) in [5.74, 6) is 1.40. The minimum Gasteiger partial charge on any atom is -0.494 e. The number of rotatable bonds is 7. The van der Waals surface area contributed by atoms with Crippen molar-refractivity contribution in [2.45, 2.75) is 30.8 Å². The second-order valence-corrected chi connectivity index (χ2v) is 8.34. The first-order valence-corrected chi connectivity index (χ1v) is 10.7. The molecule has 146 valence electrons. The molecule has 1 aliphatic heterocycles. The number of benzene rings is 2.